The van der Waals surface area contributed by atoms with E-state index in [1.165, 1.54) is 0 Å². The largest absolute Gasteiger partial charge is 0.357 e. The fourth-order valence-corrected chi connectivity index (χ4v) is 3.40. The molecule has 0 aliphatic carbocycles. The molecule has 0 radical (unpaired) electrons. The van der Waals surface area contributed by atoms with E-state index in [9.17, 15) is 8.42 Å². The second kappa shape index (κ2) is 7.50. The highest BCUT2D eigenvalue weighted by atomic mass is 32.2. The SMILES string of the molecule is CCNC(=NCCS(=O)(=O)C(C)(C)C)NC1CCc2ncnn2C1. The Morgan fingerprint density at radius 2 is 2.21 bits per heavy atom. The highest BCUT2D eigenvalue weighted by Crippen LogP contribution is 2.15. The summed E-state index contributed by atoms with van der Waals surface area (Å²) in [4.78, 5) is 8.64. The normalized spacial score (nSPS) is 19.0. The van der Waals surface area contributed by atoms with E-state index < -0.39 is 14.6 Å². The highest BCUT2D eigenvalue weighted by molar-refractivity contribution is 7.92. The second-order valence-electron chi connectivity index (χ2n) is 6.93. The molecule has 2 rings (SSSR count). The highest BCUT2D eigenvalue weighted by Gasteiger charge is 2.28. The number of aryl methyl sites for hydroxylation is 1. The molecule has 8 nitrogen and oxygen atoms in total. The number of aromatic nitrogens is 3. The Kier molecular flexibility index (Phi) is 5.84. The Bertz CT molecular complexity index is 674. The van der Waals surface area contributed by atoms with E-state index in [4.69, 9.17) is 0 Å². The molecule has 24 heavy (non-hydrogen) atoms. The average molecular weight is 356 g/mol. The summed E-state index contributed by atoms with van der Waals surface area (Å²) in [6.45, 7) is 8.84. The summed E-state index contributed by atoms with van der Waals surface area (Å²) in [6, 6.07) is 0.205. The van der Waals surface area contributed by atoms with Crippen LogP contribution in [0.25, 0.3) is 0 Å². The molecule has 1 aliphatic heterocycles. The molecule has 2 heterocycles. The van der Waals surface area contributed by atoms with Crippen LogP contribution in [-0.4, -0.2) is 58.8 Å². The van der Waals surface area contributed by atoms with Crippen LogP contribution in [-0.2, 0) is 22.8 Å². The lowest BCUT2D eigenvalue weighted by Gasteiger charge is -2.25. The van der Waals surface area contributed by atoms with E-state index in [2.05, 4.69) is 25.7 Å². The quantitative estimate of drug-likeness (QED) is 0.583. The fraction of sp³-hybridized carbons (Fsp3) is 0.800. The first-order valence-electron chi connectivity index (χ1n) is 8.37. The number of hydrogen-bond donors (Lipinski definition) is 2. The Morgan fingerprint density at radius 3 is 2.88 bits per heavy atom. The molecule has 0 amide bonds. The predicted octanol–water partition coefficient (Wildman–Crippen LogP) is 0.361. The zero-order valence-corrected chi connectivity index (χ0v) is 15.7. The van der Waals surface area contributed by atoms with Crippen molar-refractivity contribution in [1.29, 1.82) is 0 Å². The lowest BCUT2D eigenvalue weighted by Crippen LogP contribution is -2.47. The van der Waals surface area contributed by atoms with E-state index >= 15 is 0 Å². The second-order valence-corrected chi connectivity index (χ2v) is 9.79. The van der Waals surface area contributed by atoms with Crippen molar-refractivity contribution in [3.8, 4) is 0 Å². The fourth-order valence-electron chi connectivity index (χ4n) is 2.45. The zero-order valence-electron chi connectivity index (χ0n) is 14.9. The van der Waals surface area contributed by atoms with Crippen LogP contribution >= 0.6 is 0 Å². The summed E-state index contributed by atoms with van der Waals surface area (Å²) < 4.78 is 25.5. The molecule has 1 unspecified atom stereocenters. The van der Waals surface area contributed by atoms with Crippen LogP contribution in [0.3, 0.4) is 0 Å². The number of guanidine groups is 1. The standard InChI is InChI=1S/C15H28N6O2S/c1-5-16-14(17-8-9-24(22,23)15(2,3)4)20-12-6-7-13-18-11-19-21(13)10-12/h11-12H,5-10H2,1-4H3,(H2,16,17,20). The molecular formula is C15H28N6O2S. The monoisotopic (exact) mass is 356 g/mol. The van der Waals surface area contributed by atoms with Gasteiger partial charge in [-0.3, -0.25) is 4.99 Å². The first-order chi connectivity index (χ1) is 11.2. The first kappa shape index (κ1) is 18.7. The summed E-state index contributed by atoms with van der Waals surface area (Å²) >= 11 is 0. The van der Waals surface area contributed by atoms with Crippen molar-refractivity contribution in [3.05, 3.63) is 12.2 Å². The van der Waals surface area contributed by atoms with Gasteiger partial charge >= 0.3 is 0 Å². The molecule has 0 aromatic carbocycles. The number of nitrogens with one attached hydrogen (secondary N) is 2. The number of sulfone groups is 1. The van der Waals surface area contributed by atoms with Gasteiger partial charge in [0, 0.05) is 19.0 Å². The summed E-state index contributed by atoms with van der Waals surface area (Å²) in [7, 11) is -3.16. The molecule has 1 aromatic heterocycles. The zero-order chi connectivity index (χ0) is 17.8. The molecule has 2 N–H and O–H groups in total. The van der Waals surface area contributed by atoms with Crippen molar-refractivity contribution in [2.45, 2.75) is 57.9 Å². The van der Waals surface area contributed by atoms with Crippen LogP contribution in [0.15, 0.2) is 11.3 Å². The third-order valence-electron chi connectivity index (χ3n) is 4.05. The topological polar surface area (TPSA) is 101 Å². The van der Waals surface area contributed by atoms with Crippen LogP contribution < -0.4 is 10.6 Å². The third kappa shape index (κ3) is 4.68. The Labute approximate surface area is 144 Å². The Balaban J connectivity index is 1.94. The molecule has 0 bridgehead atoms. The summed E-state index contributed by atoms with van der Waals surface area (Å²) in [5, 5.41) is 10.7. The van der Waals surface area contributed by atoms with Crippen molar-refractivity contribution < 1.29 is 8.42 Å². The Morgan fingerprint density at radius 1 is 1.46 bits per heavy atom. The van der Waals surface area contributed by atoms with Crippen LogP contribution in [0.4, 0.5) is 0 Å². The number of fused-ring (bicyclic) bond motifs is 1. The van der Waals surface area contributed by atoms with E-state index in [1.54, 1.807) is 27.1 Å². The van der Waals surface area contributed by atoms with Gasteiger partial charge in [0.25, 0.3) is 0 Å². The minimum Gasteiger partial charge on any atom is -0.357 e. The minimum atomic E-state index is -3.16. The molecule has 0 saturated heterocycles. The van der Waals surface area contributed by atoms with Crippen LogP contribution in [0.2, 0.25) is 0 Å². The number of hydrogen-bond acceptors (Lipinski definition) is 5. The maximum absolute atomic E-state index is 12.2. The van der Waals surface area contributed by atoms with Crippen LogP contribution in [0.5, 0.6) is 0 Å². The molecule has 0 spiro atoms. The van der Waals surface area contributed by atoms with Gasteiger partial charge in [0.15, 0.2) is 15.8 Å². The number of nitrogens with zero attached hydrogens (tertiary/aromatic N) is 4. The smallest absolute Gasteiger partial charge is 0.191 e. The van der Waals surface area contributed by atoms with Crippen molar-refractivity contribution in [2.75, 3.05) is 18.8 Å². The van der Waals surface area contributed by atoms with E-state index in [1.807, 2.05) is 11.6 Å². The summed E-state index contributed by atoms with van der Waals surface area (Å²) in [6.07, 6.45) is 3.40. The molecule has 1 aromatic rings. The van der Waals surface area contributed by atoms with Gasteiger partial charge in [-0.2, -0.15) is 5.10 Å². The molecule has 9 heteroatoms. The van der Waals surface area contributed by atoms with Gasteiger partial charge in [0.05, 0.1) is 23.6 Å². The molecule has 0 saturated carbocycles. The van der Waals surface area contributed by atoms with Crippen LogP contribution in [0.1, 0.15) is 39.9 Å². The van der Waals surface area contributed by atoms with Gasteiger partial charge in [-0.25, -0.2) is 18.1 Å². The molecule has 136 valence electrons. The molecule has 1 atom stereocenters. The summed E-state index contributed by atoms with van der Waals surface area (Å²) in [5.41, 5.74) is 0. The first-order valence-corrected chi connectivity index (χ1v) is 10.0. The lowest BCUT2D eigenvalue weighted by molar-refractivity contribution is 0.393. The molecular weight excluding hydrogens is 328 g/mol. The minimum absolute atomic E-state index is 0.0466. The number of aliphatic imine (C=N–C) groups is 1. The van der Waals surface area contributed by atoms with Crippen molar-refractivity contribution in [1.82, 2.24) is 25.4 Å². The van der Waals surface area contributed by atoms with Crippen molar-refractivity contribution >= 4 is 15.8 Å². The van der Waals surface area contributed by atoms with E-state index in [-0.39, 0.29) is 18.3 Å². The lowest BCUT2D eigenvalue weighted by atomic mass is 10.1. The van der Waals surface area contributed by atoms with Crippen molar-refractivity contribution in [2.24, 2.45) is 4.99 Å². The van der Waals surface area contributed by atoms with Crippen molar-refractivity contribution in [3.63, 3.8) is 0 Å². The Hall–Kier alpha value is -1.64. The van der Waals surface area contributed by atoms with Gasteiger partial charge in [-0.1, -0.05) is 0 Å². The van der Waals surface area contributed by atoms with E-state index in [0.29, 0.717) is 5.96 Å². The van der Waals surface area contributed by atoms with Gasteiger partial charge in [0.1, 0.15) is 12.2 Å². The third-order valence-corrected chi connectivity index (χ3v) is 6.64. The maximum atomic E-state index is 12.2. The van der Waals surface area contributed by atoms with Gasteiger partial charge in [-0.05, 0) is 34.1 Å². The average Bonchev–Trinajstić information content (AvgIpc) is 2.93. The summed E-state index contributed by atoms with van der Waals surface area (Å²) in [5.74, 6) is 1.70. The number of rotatable bonds is 5. The molecule has 1 aliphatic rings. The van der Waals surface area contributed by atoms with Crippen LogP contribution in [0, 0.1) is 0 Å². The maximum Gasteiger partial charge on any atom is 0.191 e. The van der Waals surface area contributed by atoms with E-state index in [0.717, 1.165) is 31.8 Å². The van der Waals surface area contributed by atoms with Gasteiger partial charge in [-0.15, -0.1) is 0 Å². The predicted molar refractivity (Wildman–Crippen MR) is 94.8 cm³/mol. The molecule has 0 fully saturated rings. The van der Waals surface area contributed by atoms with Gasteiger partial charge < -0.3 is 10.6 Å². The van der Waals surface area contributed by atoms with Gasteiger partial charge in [0.2, 0.25) is 0 Å².